The van der Waals surface area contributed by atoms with Crippen LogP contribution in [0.3, 0.4) is 0 Å². The van der Waals surface area contributed by atoms with Crippen LogP contribution in [0.5, 0.6) is 0 Å². The molecule has 1 aromatic rings. The van der Waals surface area contributed by atoms with Gasteiger partial charge in [-0.25, -0.2) is 4.79 Å². The van der Waals surface area contributed by atoms with Gasteiger partial charge in [-0.3, -0.25) is 9.59 Å². The number of hydrogen-bond donors (Lipinski definition) is 0. The Morgan fingerprint density at radius 2 is 1.75 bits per heavy atom. The molecule has 8 atom stereocenters. The van der Waals surface area contributed by atoms with Gasteiger partial charge in [0.25, 0.3) is 0 Å². The van der Waals surface area contributed by atoms with Crippen LogP contribution in [-0.4, -0.2) is 29.2 Å². The molecule has 32 heavy (non-hydrogen) atoms. The molecule has 4 fully saturated rings. The van der Waals surface area contributed by atoms with Gasteiger partial charge < -0.3 is 13.9 Å². The zero-order valence-electron chi connectivity index (χ0n) is 19.3. The minimum absolute atomic E-state index is 0.0288. The van der Waals surface area contributed by atoms with Crippen LogP contribution in [0.25, 0.3) is 0 Å². The van der Waals surface area contributed by atoms with Crippen LogP contribution in [0.2, 0.25) is 0 Å². The summed E-state index contributed by atoms with van der Waals surface area (Å²) in [6.45, 7) is 10.2. The third kappa shape index (κ3) is 1.92. The predicted octanol–water partition coefficient (Wildman–Crippen LogP) is 4.20. The highest BCUT2D eigenvalue weighted by Gasteiger charge is 2.88. The first-order valence-corrected chi connectivity index (χ1v) is 11.6. The van der Waals surface area contributed by atoms with Crippen LogP contribution in [0.4, 0.5) is 0 Å². The van der Waals surface area contributed by atoms with Crippen molar-refractivity contribution in [3.8, 4) is 0 Å². The van der Waals surface area contributed by atoms with E-state index in [1.165, 1.54) is 0 Å². The normalized spacial score (nSPS) is 50.6. The summed E-state index contributed by atoms with van der Waals surface area (Å²) in [5.74, 6) is -0.312. The van der Waals surface area contributed by atoms with Crippen molar-refractivity contribution >= 4 is 17.5 Å². The average molecular weight is 439 g/mol. The lowest BCUT2D eigenvalue weighted by molar-refractivity contribution is -0.210. The molecule has 6 heteroatoms. The molecular formula is C26H30O6. The largest absolute Gasteiger partial charge is 0.472 e. The molecule has 170 valence electrons. The van der Waals surface area contributed by atoms with Gasteiger partial charge in [-0.1, -0.05) is 33.8 Å². The van der Waals surface area contributed by atoms with Gasteiger partial charge in [0, 0.05) is 22.8 Å². The van der Waals surface area contributed by atoms with E-state index < -0.39 is 40.0 Å². The van der Waals surface area contributed by atoms with Crippen LogP contribution >= 0.6 is 0 Å². The number of allylic oxidation sites excluding steroid dienone is 2. The molecule has 2 saturated heterocycles. The second kappa shape index (κ2) is 5.64. The molecule has 0 radical (unpaired) electrons. The van der Waals surface area contributed by atoms with E-state index in [2.05, 4.69) is 13.8 Å². The first kappa shape index (κ1) is 20.4. The van der Waals surface area contributed by atoms with Gasteiger partial charge in [-0.15, -0.1) is 0 Å². The SMILES string of the molecule is CC1(C)C(=O)C=C[C@]2(C)C3CC[C@@]4(C)[C@H](c5ccoc5)OC(=O)[C@H]5O[C@]54[C@]3(C)C(=O)C[C@@H]12. The Bertz CT molecular complexity index is 1080. The molecule has 0 bridgehead atoms. The molecule has 6 nitrogen and oxygen atoms in total. The summed E-state index contributed by atoms with van der Waals surface area (Å²) in [5.41, 5.74) is -2.45. The molecule has 1 aromatic heterocycles. The lowest BCUT2D eigenvalue weighted by Gasteiger charge is -2.66. The highest BCUT2D eigenvalue weighted by atomic mass is 16.7. The minimum Gasteiger partial charge on any atom is -0.472 e. The molecule has 1 spiro atoms. The monoisotopic (exact) mass is 438 g/mol. The van der Waals surface area contributed by atoms with Crippen molar-refractivity contribution in [3.05, 3.63) is 36.3 Å². The quantitative estimate of drug-likeness (QED) is 0.483. The van der Waals surface area contributed by atoms with Gasteiger partial charge in [-0.2, -0.15) is 0 Å². The number of hydrogen-bond acceptors (Lipinski definition) is 6. The Morgan fingerprint density at radius 3 is 2.44 bits per heavy atom. The summed E-state index contributed by atoms with van der Waals surface area (Å²) >= 11 is 0. The lowest BCUT2D eigenvalue weighted by Crippen LogP contribution is -2.71. The maximum absolute atomic E-state index is 14.1. The predicted molar refractivity (Wildman–Crippen MR) is 113 cm³/mol. The third-order valence-electron chi connectivity index (χ3n) is 10.3. The summed E-state index contributed by atoms with van der Waals surface area (Å²) in [6.07, 6.45) is 7.57. The van der Waals surface area contributed by atoms with Crippen LogP contribution in [0.15, 0.2) is 35.2 Å². The van der Waals surface area contributed by atoms with Crippen molar-refractivity contribution in [1.29, 1.82) is 0 Å². The summed E-state index contributed by atoms with van der Waals surface area (Å²) in [7, 11) is 0. The molecule has 3 aliphatic carbocycles. The lowest BCUT2D eigenvalue weighted by atomic mass is 9.36. The number of epoxide rings is 1. The fourth-order valence-corrected chi connectivity index (χ4v) is 8.56. The molecule has 3 heterocycles. The van der Waals surface area contributed by atoms with E-state index in [4.69, 9.17) is 13.9 Å². The van der Waals surface area contributed by atoms with Gasteiger partial charge in [0.05, 0.1) is 17.9 Å². The molecule has 0 aromatic carbocycles. The van der Waals surface area contributed by atoms with Crippen molar-refractivity contribution < 1.29 is 28.3 Å². The van der Waals surface area contributed by atoms with E-state index in [0.29, 0.717) is 6.42 Å². The third-order valence-corrected chi connectivity index (χ3v) is 10.3. The molecule has 0 N–H and O–H groups in total. The van der Waals surface area contributed by atoms with Crippen molar-refractivity contribution in [2.45, 2.75) is 71.7 Å². The fourth-order valence-electron chi connectivity index (χ4n) is 8.56. The Labute approximate surface area is 187 Å². The molecule has 0 amide bonds. The summed E-state index contributed by atoms with van der Waals surface area (Å²) in [5, 5.41) is 0. The van der Waals surface area contributed by atoms with E-state index in [0.717, 1.165) is 18.4 Å². The van der Waals surface area contributed by atoms with Crippen molar-refractivity contribution in [2.24, 2.45) is 33.5 Å². The summed E-state index contributed by atoms with van der Waals surface area (Å²) < 4.78 is 17.5. The minimum atomic E-state index is -0.912. The van der Waals surface area contributed by atoms with Gasteiger partial charge in [-0.05, 0) is 49.2 Å². The van der Waals surface area contributed by atoms with Gasteiger partial charge in [0.15, 0.2) is 11.9 Å². The molecule has 1 unspecified atom stereocenters. The second-order valence-electron chi connectivity index (χ2n) is 11.8. The summed E-state index contributed by atoms with van der Waals surface area (Å²) in [6, 6.07) is 1.83. The van der Waals surface area contributed by atoms with E-state index in [1.54, 1.807) is 18.6 Å². The number of furan rings is 1. The zero-order chi connectivity index (χ0) is 22.9. The van der Waals surface area contributed by atoms with Crippen LogP contribution in [-0.2, 0) is 23.9 Å². The van der Waals surface area contributed by atoms with Gasteiger partial charge in [0.2, 0.25) is 0 Å². The Hall–Kier alpha value is -2.21. The van der Waals surface area contributed by atoms with Crippen molar-refractivity contribution in [3.63, 3.8) is 0 Å². The zero-order valence-corrected chi connectivity index (χ0v) is 19.3. The highest BCUT2D eigenvalue weighted by molar-refractivity contribution is 5.98. The van der Waals surface area contributed by atoms with Crippen LogP contribution < -0.4 is 0 Å². The van der Waals surface area contributed by atoms with E-state index in [1.807, 2.05) is 32.9 Å². The molecular weight excluding hydrogens is 408 g/mol. The number of ether oxygens (including phenoxy) is 2. The number of carbonyl (C=O) groups excluding carboxylic acids is 3. The van der Waals surface area contributed by atoms with E-state index in [-0.39, 0.29) is 28.8 Å². The first-order chi connectivity index (χ1) is 14.9. The standard InChI is InChI=1S/C26H30O6/c1-22(2)16-12-18(28)25(5)15(23(16,3)9-7-17(22)27)6-10-24(4)19(14-8-11-30-13-14)31-21(29)20-26(24,25)32-20/h7-9,11,13,15-16,19-20H,6,10,12H2,1-5H3/t15?,16-,19-,20+,23+,24-,25-,26+/m0/s1. The smallest absolute Gasteiger partial charge is 0.339 e. The number of cyclic esters (lactones) is 1. The van der Waals surface area contributed by atoms with Crippen molar-refractivity contribution in [1.82, 2.24) is 0 Å². The topological polar surface area (TPSA) is 86.1 Å². The number of fused-ring (bicyclic) bond motifs is 3. The highest BCUT2D eigenvalue weighted by Crippen LogP contribution is 2.78. The second-order valence-corrected chi connectivity index (χ2v) is 11.8. The maximum Gasteiger partial charge on any atom is 0.339 e. The van der Waals surface area contributed by atoms with Gasteiger partial charge >= 0.3 is 5.97 Å². The molecule has 5 aliphatic rings. The van der Waals surface area contributed by atoms with E-state index in [9.17, 15) is 14.4 Å². The number of Topliss-reactive ketones (excluding diaryl/α,β-unsaturated/α-hetero) is 1. The maximum atomic E-state index is 14.1. The Morgan fingerprint density at radius 1 is 1.00 bits per heavy atom. The average Bonchev–Trinajstić information content (AvgIpc) is 3.30. The molecule has 2 saturated carbocycles. The van der Waals surface area contributed by atoms with Crippen LogP contribution in [0.1, 0.15) is 65.5 Å². The van der Waals surface area contributed by atoms with Crippen LogP contribution in [0, 0.1) is 33.5 Å². The van der Waals surface area contributed by atoms with Crippen molar-refractivity contribution in [2.75, 3.05) is 0 Å². The number of esters is 1. The molecule has 2 aliphatic heterocycles. The Balaban J connectivity index is 1.53. The number of ketones is 2. The van der Waals surface area contributed by atoms with E-state index >= 15 is 0 Å². The first-order valence-electron chi connectivity index (χ1n) is 11.6. The fraction of sp³-hybridized carbons (Fsp3) is 0.654. The number of rotatable bonds is 1. The Kier molecular flexibility index (Phi) is 3.60. The van der Waals surface area contributed by atoms with Gasteiger partial charge in [0.1, 0.15) is 17.5 Å². The molecule has 6 rings (SSSR count). The summed E-state index contributed by atoms with van der Waals surface area (Å²) in [4.78, 5) is 39.8. The number of carbonyl (C=O) groups is 3.